The maximum Gasteiger partial charge on any atom is 0.240 e. The van der Waals surface area contributed by atoms with Gasteiger partial charge in [-0.25, -0.2) is 18.1 Å². The van der Waals surface area contributed by atoms with Gasteiger partial charge in [-0.15, -0.1) is 11.8 Å². The number of nitrogens with zero attached hydrogens (tertiary/aromatic N) is 1. The lowest BCUT2D eigenvalue weighted by atomic mass is 9.96. The predicted octanol–water partition coefficient (Wildman–Crippen LogP) is 4.12. The van der Waals surface area contributed by atoms with Crippen molar-refractivity contribution in [2.24, 2.45) is 0 Å². The summed E-state index contributed by atoms with van der Waals surface area (Å²) in [6, 6.07) is 12.0. The minimum absolute atomic E-state index is 0.0913. The van der Waals surface area contributed by atoms with Crippen molar-refractivity contribution in [3.05, 3.63) is 53.7 Å². The molecule has 0 bridgehead atoms. The van der Waals surface area contributed by atoms with E-state index in [1.54, 1.807) is 30.1 Å². The van der Waals surface area contributed by atoms with Crippen molar-refractivity contribution in [2.45, 2.75) is 46.9 Å². The average Bonchev–Trinajstić information content (AvgIpc) is 2.58. The van der Waals surface area contributed by atoms with E-state index in [2.05, 4.69) is 9.71 Å². The lowest BCUT2D eigenvalue weighted by Crippen LogP contribution is -2.43. The third-order valence-electron chi connectivity index (χ3n) is 4.04. The van der Waals surface area contributed by atoms with Crippen molar-refractivity contribution < 1.29 is 8.42 Å². The molecule has 1 aromatic carbocycles. The first-order valence-corrected chi connectivity index (χ1v) is 10.6. The Hall–Kier alpha value is -1.08. The van der Waals surface area contributed by atoms with Crippen LogP contribution in [-0.2, 0) is 10.0 Å². The van der Waals surface area contributed by atoms with Crippen molar-refractivity contribution in [2.75, 3.05) is 0 Å². The standard InChI is InChI=1S/C17H19ClN2O2S2/c18-13-8-10-14(11-9-13)24(21,22)20-15-5-1-2-6-16(15)23-17-7-3-4-12-19-17/h3-4,7-12,15-16,20H,1-2,5-6H2. The summed E-state index contributed by atoms with van der Waals surface area (Å²) in [6.07, 6.45) is 5.74. The fraction of sp³-hybridized carbons (Fsp3) is 0.353. The highest BCUT2D eigenvalue weighted by atomic mass is 35.5. The summed E-state index contributed by atoms with van der Waals surface area (Å²) in [7, 11) is -3.54. The maximum atomic E-state index is 12.6. The summed E-state index contributed by atoms with van der Waals surface area (Å²) in [5.74, 6) is 0. The van der Waals surface area contributed by atoms with Gasteiger partial charge in [-0.1, -0.05) is 30.5 Å². The number of sulfonamides is 1. The van der Waals surface area contributed by atoms with Crippen molar-refractivity contribution in [3.8, 4) is 0 Å². The second kappa shape index (κ2) is 7.87. The summed E-state index contributed by atoms with van der Waals surface area (Å²) >= 11 is 7.49. The van der Waals surface area contributed by atoms with Gasteiger partial charge < -0.3 is 0 Å². The molecular weight excluding hydrogens is 364 g/mol. The first-order chi connectivity index (χ1) is 11.5. The highest BCUT2D eigenvalue weighted by Crippen LogP contribution is 2.33. The molecule has 0 amide bonds. The Morgan fingerprint density at radius 2 is 1.83 bits per heavy atom. The summed E-state index contributed by atoms with van der Waals surface area (Å²) in [5.41, 5.74) is 0. The molecule has 4 nitrogen and oxygen atoms in total. The van der Waals surface area contributed by atoms with Gasteiger partial charge >= 0.3 is 0 Å². The average molecular weight is 383 g/mol. The summed E-state index contributed by atoms with van der Waals surface area (Å²) in [4.78, 5) is 4.59. The number of rotatable bonds is 5. The predicted molar refractivity (Wildman–Crippen MR) is 97.9 cm³/mol. The number of nitrogens with one attached hydrogen (secondary N) is 1. The van der Waals surface area contributed by atoms with E-state index < -0.39 is 10.0 Å². The molecule has 0 aliphatic heterocycles. The quantitative estimate of drug-likeness (QED) is 0.845. The molecule has 0 radical (unpaired) electrons. The number of aromatic nitrogens is 1. The van der Waals surface area contributed by atoms with Gasteiger partial charge in [0.2, 0.25) is 10.0 Å². The molecule has 1 aliphatic carbocycles. The molecule has 24 heavy (non-hydrogen) atoms. The van der Waals surface area contributed by atoms with Crippen LogP contribution in [0.3, 0.4) is 0 Å². The Balaban J connectivity index is 1.74. The van der Waals surface area contributed by atoms with Crippen LogP contribution in [0.5, 0.6) is 0 Å². The molecule has 1 aromatic heterocycles. The van der Waals surface area contributed by atoms with Crippen LogP contribution >= 0.6 is 23.4 Å². The molecular formula is C17H19ClN2O2S2. The first-order valence-electron chi connectivity index (χ1n) is 7.90. The first kappa shape index (κ1) is 17.7. The highest BCUT2D eigenvalue weighted by molar-refractivity contribution is 8.00. The van der Waals surface area contributed by atoms with Gasteiger partial charge in [-0.3, -0.25) is 0 Å². The third-order valence-corrected chi connectivity index (χ3v) is 7.15. The van der Waals surface area contributed by atoms with Crippen LogP contribution in [0.15, 0.2) is 58.6 Å². The summed E-state index contributed by atoms with van der Waals surface area (Å²) in [5, 5.41) is 1.64. The van der Waals surface area contributed by atoms with E-state index in [0.717, 1.165) is 30.7 Å². The van der Waals surface area contributed by atoms with Gasteiger partial charge in [0.15, 0.2) is 0 Å². The zero-order valence-electron chi connectivity index (χ0n) is 13.1. The highest BCUT2D eigenvalue weighted by Gasteiger charge is 2.30. The molecule has 1 N–H and O–H groups in total. The van der Waals surface area contributed by atoms with Crippen LogP contribution in [0.4, 0.5) is 0 Å². The number of pyridine rings is 1. The van der Waals surface area contributed by atoms with Crippen LogP contribution in [0, 0.1) is 0 Å². The number of benzene rings is 1. The molecule has 7 heteroatoms. The second-order valence-corrected chi connectivity index (χ2v) is 9.20. The van der Waals surface area contributed by atoms with E-state index in [0.29, 0.717) is 5.02 Å². The van der Waals surface area contributed by atoms with Gasteiger partial charge in [-0.2, -0.15) is 0 Å². The van der Waals surface area contributed by atoms with E-state index in [1.165, 1.54) is 12.1 Å². The second-order valence-electron chi connectivity index (χ2n) is 5.79. The fourth-order valence-electron chi connectivity index (χ4n) is 2.83. The molecule has 128 valence electrons. The molecule has 2 aromatic rings. The van der Waals surface area contributed by atoms with Crippen LogP contribution < -0.4 is 4.72 Å². The molecule has 2 atom stereocenters. The van der Waals surface area contributed by atoms with Crippen LogP contribution in [-0.4, -0.2) is 24.7 Å². The molecule has 3 rings (SSSR count). The summed E-state index contributed by atoms with van der Waals surface area (Å²) < 4.78 is 28.1. The van der Waals surface area contributed by atoms with Crippen molar-refractivity contribution >= 4 is 33.4 Å². The monoisotopic (exact) mass is 382 g/mol. The zero-order chi connectivity index (χ0) is 17.0. The Kier molecular flexibility index (Phi) is 5.81. The molecule has 1 heterocycles. The lowest BCUT2D eigenvalue weighted by Gasteiger charge is -2.31. The molecule has 0 saturated heterocycles. The van der Waals surface area contributed by atoms with Crippen LogP contribution in [0.1, 0.15) is 25.7 Å². The Labute approximate surface area is 152 Å². The van der Waals surface area contributed by atoms with Gasteiger partial charge in [0, 0.05) is 22.5 Å². The van der Waals surface area contributed by atoms with Crippen molar-refractivity contribution in [1.29, 1.82) is 0 Å². The van der Waals surface area contributed by atoms with E-state index in [-0.39, 0.29) is 16.2 Å². The van der Waals surface area contributed by atoms with Crippen molar-refractivity contribution in [3.63, 3.8) is 0 Å². The third kappa shape index (κ3) is 4.51. The number of hydrogen-bond acceptors (Lipinski definition) is 4. The normalized spacial score (nSPS) is 21.5. The SMILES string of the molecule is O=S(=O)(NC1CCCCC1Sc1ccccn1)c1ccc(Cl)cc1. The number of thioether (sulfide) groups is 1. The molecule has 1 saturated carbocycles. The zero-order valence-corrected chi connectivity index (χ0v) is 15.4. The Bertz CT molecular complexity index is 767. The fourth-order valence-corrected chi connectivity index (χ4v) is 5.59. The molecule has 2 unspecified atom stereocenters. The minimum atomic E-state index is -3.54. The Morgan fingerprint density at radius 3 is 2.54 bits per heavy atom. The Morgan fingerprint density at radius 1 is 1.08 bits per heavy atom. The van der Waals surface area contributed by atoms with Crippen LogP contribution in [0.25, 0.3) is 0 Å². The smallest absolute Gasteiger partial charge is 0.240 e. The molecule has 1 fully saturated rings. The van der Waals surface area contributed by atoms with E-state index in [4.69, 9.17) is 11.6 Å². The lowest BCUT2D eigenvalue weighted by molar-refractivity contribution is 0.422. The number of hydrogen-bond donors (Lipinski definition) is 1. The minimum Gasteiger partial charge on any atom is -0.250 e. The van der Waals surface area contributed by atoms with Crippen LogP contribution in [0.2, 0.25) is 5.02 Å². The maximum absolute atomic E-state index is 12.6. The van der Waals surface area contributed by atoms with E-state index in [9.17, 15) is 8.42 Å². The molecule has 0 spiro atoms. The topological polar surface area (TPSA) is 59.1 Å². The van der Waals surface area contributed by atoms with Gasteiger partial charge in [0.1, 0.15) is 0 Å². The van der Waals surface area contributed by atoms with E-state index in [1.807, 2.05) is 18.2 Å². The summed E-state index contributed by atoms with van der Waals surface area (Å²) in [6.45, 7) is 0. The van der Waals surface area contributed by atoms with Gasteiger partial charge in [0.25, 0.3) is 0 Å². The largest absolute Gasteiger partial charge is 0.250 e. The van der Waals surface area contributed by atoms with Gasteiger partial charge in [-0.05, 0) is 49.2 Å². The number of halogens is 1. The van der Waals surface area contributed by atoms with Gasteiger partial charge in [0.05, 0.1) is 9.92 Å². The van der Waals surface area contributed by atoms with E-state index >= 15 is 0 Å². The molecule has 1 aliphatic rings. The van der Waals surface area contributed by atoms with Crippen molar-refractivity contribution in [1.82, 2.24) is 9.71 Å².